The lowest BCUT2D eigenvalue weighted by molar-refractivity contribution is -0.134. The fourth-order valence-electron chi connectivity index (χ4n) is 3.84. The lowest BCUT2D eigenvalue weighted by atomic mass is 9.89. The van der Waals surface area contributed by atoms with Crippen LogP contribution in [0.5, 0.6) is 0 Å². The minimum absolute atomic E-state index is 0.00534. The van der Waals surface area contributed by atoms with E-state index in [1.807, 2.05) is 12.1 Å². The molecule has 1 fully saturated rings. The Balaban J connectivity index is 1.50. The SMILES string of the molecule is NC(=O)C1CCN(C(=O)CCC(=O)c2ccc3c(c2)CCCC3)CC1. The first-order valence-electron chi connectivity index (χ1n) is 9.26. The smallest absolute Gasteiger partial charge is 0.223 e. The second-order valence-electron chi connectivity index (χ2n) is 7.17. The maximum absolute atomic E-state index is 12.4. The number of hydrogen-bond acceptors (Lipinski definition) is 3. The van der Waals surface area contributed by atoms with Gasteiger partial charge in [0.05, 0.1) is 0 Å². The van der Waals surface area contributed by atoms with Crippen LogP contribution in [0.4, 0.5) is 0 Å². The molecule has 0 aromatic heterocycles. The van der Waals surface area contributed by atoms with Crippen molar-refractivity contribution in [1.82, 2.24) is 4.90 Å². The number of nitrogens with zero attached hydrogens (tertiary/aromatic N) is 1. The van der Waals surface area contributed by atoms with E-state index in [9.17, 15) is 14.4 Å². The summed E-state index contributed by atoms with van der Waals surface area (Å²) in [6.07, 6.45) is 6.28. The van der Waals surface area contributed by atoms with Crippen molar-refractivity contribution < 1.29 is 14.4 Å². The fraction of sp³-hybridized carbons (Fsp3) is 0.550. The molecule has 1 aliphatic heterocycles. The monoisotopic (exact) mass is 342 g/mol. The summed E-state index contributed by atoms with van der Waals surface area (Å²) in [5, 5.41) is 0. The topological polar surface area (TPSA) is 80.5 Å². The van der Waals surface area contributed by atoms with Gasteiger partial charge in [-0.05, 0) is 55.7 Å². The Bertz CT molecular complexity index is 676. The number of likely N-dealkylation sites (tertiary alicyclic amines) is 1. The highest BCUT2D eigenvalue weighted by Crippen LogP contribution is 2.23. The Morgan fingerprint density at radius 1 is 1.00 bits per heavy atom. The molecule has 0 unspecified atom stereocenters. The van der Waals surface area contributed by atoms with Gasteiger partial charge in [0.1, 0.15) is 0 Å². The van der Waals surface area contributed by atoms with Crippen molar-refractivity contribution in [1.29, 1.82) is 0 Å². The molecule has 1 aliphatic carbocycles. The molecule has 1 saturated heterocycles. The predicted molar refractivity (Wildman–Crippen MR) is 95.1 cm³/mol. The largest absolute Gasteiger partial charge is 0.369 e. The molecule has 3 rings (SSSR count). The summed E-state index contributed by atoms with van der Waals surface area (Å²) in [7, 11) is 0. The van der Waals surface area contributed by atoms with Gasteiger partial charge in [0.2, 0.25) is 11.8 Å². The summed E-state index contributed by atoms with van der Waals surface area (Å²) in [4.78, 5) is 37.7. The number of fused-ring (bicyclic) bond motifs is 1. The van der Waals surface area contributed by atoms with Crippen LogP contribution in [0.3, 0.4) is 0 Å². The van der Waals surface area contributed by atoms with Crippen molar-refractivity contribution >= 4 is 17.6 Å². The van der Waals surface area contributed by atoms with Gasteiger partial charge in [0.15, 0.2) is 5.78 Å². The van der Waals surface area contributed by atoms with Crippen molar-refractivity contribution in [2.75, 3.05) is 13.1 Å². The molecular weight excluding hydrogens is 316 g/mol. The van der Waals surface area contributed by atoms with Crippen LogP contribution in [0.25, 0.3) is 0 Å². The molecule has 0 saturated carbocycles. The molecule has 25 heavy (non-hydrogen) atoms. The zero-order valence-corrected chi connectivity index (χ0v) is 14.6. The molecule has 2 aliphatic rings. The van der Waals surface area contributed by atoms with Crippen LogP contribution >= 0.6 is 0 Å². The Hall–Kier alpha value is -2.17. The highest BCUT2D eigenvalue weighted by atomic mass is 16.2. The first-order chi connectivity index (χ1) is 12.0. The van der Waals surface area contributed by atoms with E-state index in [-0.39, 0.29) is 36.4 Å². The molecule has 1 aromatic carbocycles. The van der Waals surface area contributed by atoms with Crippen LogP contribution in [-0.4, -0.2) is 35.6 Å². The van der Waals surface area contributed by atoms with Gasteiger partial charge in [0.25, 0.3) is 0 Å². The number of amides is 2. The lowest BCUT2D eigenvalue weighted by Crippen LogP contribution is -2.41. The maximum atomic E-state index is 12.4. The summed E-state index contributed by atoms with van der Waals surface area (Å²) in [6, 6.07) is 5.98. The third kappa shape index (κ3) is 4.27. The van der Waals surface area contributed by atoms with Crippen LogP contribution in [0.15, 0.2) is 18.2 Å². The van der Waals surface area contributed by atoms with Crippen LogP contribution in [0.1, 0.15) is 60.0 Å². The number of rotatable bonds is 5. The van der Waals surface area contributed by atoms with Crippen molar-refractivity contribution in [3.63, 3.8) is 0 Å². The predicted octanol–water partition coefficient (Wildman–Crippen LogP) is 2.25. The van der Waals surface area contributed by atoms with Gasteiger partial charge >= 0.3 is 0 Å². The van der Waals surface area contributed by atoms with E-state index in [4.69, 9.17) is 5.73 Å². The standard InChI is InChI=1S/C20H26N2O3/c21-20(25)15-9-11-22(12-10-15)19(24)8-7-18(23)17-6-5-14-3-1-2-4-16(14)13-17/h5-6,13,15H,1-4,7-12H2,(H2,21,25). The van der Waals surface area contributed by atoms with Crippen LogP contribution in [0.2, 0.25) is 0 Å². The summed E-state index contributed by atoms with van der Waals surface area (Å²) in [6.45, 7) is 1.11. The fourth-order valence-corrected chi connectivity index (χ4v) is 3.84. The van der Waals surface area contributed by atoms with Crippen molar-refractivity contribution in [3.05, 3.63) is 34.9 Å². The highest BCUT2D eigenvalue weighted by Gasteiger charge is 2.26. The number of nitrogens with two attached hydrogens (primary N) is 1. The molecular formula is C20H26N2O3. The zero-order valence-electron chi connectivity index (χ0n) is 14.6. The number of aryl methyl sites for hydroxylation is 2. The van der Waals surface area contributed by atoms with Gasteiger partial charge in [-0.25, -0.2) is 0 Å². The Labute approximate surface area is 148 Å². The second kappa shape index (κ2) is 7.81. The Kier molecular flexibility index (Phi) is 5.51. The van der Waals surface area contributed by atoms with E-state index in [0.29, 0.717) is 25.9 Å². The van der Waals surface area contributed by atoms with Gasteiger partial charge in [-0.15, -0.1) is 0 Å². The van der Waals surface area contributed by atoms with Crippen LogP contribution < -0.4 is 5.73 Å². The number of Topliss-reactive ketones (excluding diaryl/α,β-unsaturated/α-hetero) is 1. The molecule has 5 heteroatoms. The third-order valence-corrected chi connectivity index (χ3v) is 5.49. The quantitative estimate of drug-likeness (QED) is 0.834. The van der Waals surface area contributed by atoms with E-state index in [0.717, 1.165) is 18.4 Å². The van der Waals surface area contributed by atoms with Gasteiger partial charge in [-0.3, -0.25) is 14.4 Å². The van der Waals surface area contributed by atoms with E-state index in [2.05, 4.69) is 6.07 Å². The minimum Gasteiger partial charge on any atom is -0.369 e. The molecule has 1 heterocycles. The first-order valence-corrected chi connectivity index (χ1v) is 9.26. The van der Waals surface area contributed by atoms with Crippen molar-refractivity contribution in [2.24, 2.45) is 11.7 Å². The van der Waals surface area contributed by atoms with E-state index >= 15 is 0 Å². The highest BCUT2D eigenvalue weighted by molar-refractivity contribution is 5.98. The van der Waals surface area contributed by atoms with Crippen LogP contribution in [0, 0.1) is 5.92 Å². The number of ketones is 1. The summed E-state index contributed by atoms with van der Waals surface area (Å²) < 4.78 is 0. The first kappa shape index (κ1) is 17.6. The Morgan fingerprint density at radius 2 is 1.68 bits per heavy atom. The number of carbonyl (C=O) groups excluding carboxylic acids is 3. The van der Waals surface area contributed by atoms with Gasteiger partial charge in [-0.2, -0.15) is 0 Å². The average molecular weight is 342 g/mol. The minimum atomic E-state index is -0.283. The number of primary amides is 1. The lowest BCUT2D eigenvalue weighted by Gasteiger charge is -2.30. The Morgan fingerprint density at radius 3 is 2.36 bits per heavy atom. The van der Waals surface area contributed by atoms with Gasteiger partial charge < -0.3 is 10.6 Å². The molecule has 134 valence electrons. The second-order valence-corrected chi connectivity index (χ2v) is 7.17. The molecule has 0 spiro atoms. The van der Waals surface area contributed by atoms with E-state index < -0.39 is 0 Å². The van der Waals surface area contributed by atoms with Crippen molar-refractivity contribution in [3.8, 4) is 0 Å². The van der Waals surface area contributed by atoms with Crippen molar-refractivity contribution in [2.45, 2.75) is 51.4 Å². The number of benzene rings is 1. The molecule has 2 N–H and O–H groups in total. The summed E-state index contributed by atoms with van der Waals surface area (Å²) in [5.74, 6) is -0.376. The summed E-state index contributed by atoms with van der Waals surface area (Å²) >= 11 is 0. The van der Waals surface area contributed by atoms with E-state index in [1.165, 1.54) is 24.0 Å². The molecule has 0 atom stereocenters. The molecule has 0 radical (unpaired) electrons. The average Bonchev–Trinajstić information content (AvgIpc) is 2.65. The molecule has 1 aromatic rings. The van der Waals surface area contributed by atoms with Gasteiger partial charge in [-0.1, -0.05) is 12.1 Å². The maximum Gasteiger partial charge on any atom is 0.223 e. The molecule has 5 nitrogen and oxygen atoms in total. The summed E-state index contributed by atoms with van der Waals surface area (Å²) in [5.41, 5.74) is 8.68. The van der Waals surface area contributed by atoms with Crippen LogP contribution in [-0.2, 0) is 22.4 Å². The molecule has 2 amide bonds. The molecule has 0 bridgehead atoms. The number of piperidine rings is 1. The third-order valence-electron chi connectivity index (χ3n) is 5.49. The number of carbonyl (C=O) groups is 3. The van der Waals surface area contributed by atoms with Gasteiger partial charge in [0, 0.05) is 37.4 Å². The zero-order chi connectivity index (χ0) is 17.8. The van der Waals surface area contributed by atoms with E-state index in [1.54, 1.807) is 4.90 Å². The number of hydrogen-bond donors (Lipinski definition) is 1. The normalized spacial score (nSPS) is 17.8.